The van der Waals surface area contributed by atoms with Crippen molar-refractivity contribution < 1.29 is 5.11 Å². The van der Waals surface area contributed by atoms with Crippen molar-refractivity contribution in [3.63, 3.8) is 0 Å². The number of phenolic OH excluding ortho intramolecular Hbond substituents is 1. The van der Waals surface area contributed by atoms with Crippen LogP contribution in [0.2, 0.25) is 0 Å². The second-order valence-electron chi connectivity index (χ2n) is 5.77. The summed E-state index contributed by atoms with van der Waals surface area (Å²) < 4.78 is 1.62. The normalized spacial score (nSPS) is 17.7. The fourth-order valence-electron chi connectivity index (χ4n) is 3.20. The number of nitrogens with zero attached hydrogens (tertiary/aromatic N) is 2. The first-order chi connectivity index (χ1) is 11.3. The van der Waals surface area contributed by atoms with Crippen LogP contribution in [0.15, 0.2) is 53.3 Å². The molecule has 0 saturated carbocycles. The second kappa shape index (κ2) is 5.52. The van der Waals surface area contributed by atoms with Gasteiger partial charge in [0.25, 0.3) is 5.56 Å². The third kappa shape index (κ3) is 2.29. The molecular formula is C18H17N3O2. The molecule has 1 saturated heterocycles. The Bertz CT molecular complexity index is 913. The number of para-hydroxylation sites is 1. The maximum Gasteiger partial charge on any atom is 0.269 e. The van der Waals surface area contributed by atoms with Crippen LogP contribution in [0.25, 0.3) is 16.6 Å². The van der Waals surface area contributed by atoms with Crippen molar-refractivity contribution in [2.45, 2.75) is 18.9 Å². The van der Waals surface area contributed by atoms with Gasteiger partial charge in [-0.05, 0) is 43.7 Å². The predicted molar refractivity (Wildman–Crippen MR) is 89.0 cm³/mol. The summed E-state index contributed by atoms with van der Waals surface area (Å²) in [5.41, 5.74) is 1.06. The Morgan fingerprint density at radius 3 is 2.70 bits per heavy atom. The third-order valence-electron chi connectivity index (χ3n) is 4.29. The minimum Gasteiger partial charge on any atom is -0.507 e. The highest BCUT2D eigenvalue weighted by atomic mass is 16.3. The third-order valence-corrected chi connectivity index (χ3v) is 4.29. The van der Waals surface area contributed by atoms with E-state index in [4.69, 9.17) is 4.98 Å². The van der Waals surface area contributed by atoms with Crippen LogP contribution in [0.4, 0.5) is 0 Å². The van der Waals surface area contributed by atoms with Gasteiger partial charge in [-0.3, -0.25) is 9.36 Å². The van der Waals surface area contributed by atoms with Crippen LogP contribution in [0.1, 0.15) is 24.7 Å². The SMILES string of the molecule is O=c1c2c(O)cccc2nc([C@@H]2CCCN2)n1-c1ccccc1. The van der Waals surface area contributed by atoms with E-state index in [1.165, 1.54) is 6.07 Å². The lowest BCUT2D eigenvalue weighted by Crippen LogP contribution is -2.28. The molecule has 1 aliphatic rings. The van der Waals surface area contributed by atoms with Gasteiger partial charge in [0.2, 0.25) is 0 Å². The summed E-state index contributed by atoms with van der Waals surface area (Å²) in [5.74, 6) is 0.674. The Labute approximate surface area is 133 Å². The molecule has 0 radical (unpaired) electrons. The summed E-state index contributed by atoms with van der Waals surface area (Å²) in [5, 5.41) is 13.8. The van der Waals surface area contributed by atoms with Gasteiger partial charge >= 0.3 is 0 Å². The molecule has 2 N–H and O–H groups in total. The van der Waals surface area contributed by atoms with E-state index in [-0.39, 0.29) is 22.7 Å². The maximum atomic E-state index is 13.1. The number of benzene rings is 2. The molecule has 116 valence electrons. The second-order valence-corrected chi connectivity index (χ2v) is 5.77. The lowest BCUT2D eigenvalue weighted by Gasteiger charge is -2.18. The highest BCUT2D eigenvalue weighted by Crippen LogP contribution is 2.26. The molecular weight excluding hydrogens is 290 g/mol. The first-order valence-electron chi connectivity index (χ1n) is 7.79. The van der Waals surface area contributed by atoms with E-state index in [1.807, 2.05) is 30.3 Å². The molecule has 23 heavy (non-hydrogen) atoms. The van der Waals surface area contributed by atoms with Crippen LogP contribution in [-0.4, -0.2) is 21.2 Å². The molecule has 1 aromatic heterocycles. The fourth-order valence-corrected chi connectivity index (χ4v) is 3.20. The van der Waals surface area contributed by atoms with Crippen LogP contribution in [0.3, 0.4) is 0 Å². The number of nitrogens with one attached hydrogen (secondary N) is 1. The van der Waals surface area contributed by atoms with Crippen molar-refractivity contribution in [3.05, 3.63) is 64.7 Å². The topological polar surface area (TPSA) is 67.2 Å². The van der Waals surface area contributed by atoms with Gasteiger partial charge in [-0.25, -0.2) is 4.98 Å². The summed E-state index contributed by atoms with van der Waals surface area (Å²) in [4.78, 5) is 17.8. The van der Waals surface area contributed by atoms with Crippen LogP contribution >= 0.6 is 0 Å². The highest BCUT2D eigenvalue weighted by molar-refractivity contribution is 5.84. The Morgan fingerprint density at radius 1 is 1.13 bits per heavy atom. The Kier molecular flexibility index (Phi) is 3.35. The number of hydrogen-bond donors (Lipinski definition) is 2. The van der Waals surface area contributed by atoms with E-state index >= 15 is 0 Å². The molecule has 0 unspecified atom stereocenters. The van der Waals surface area contributed by atoms with Gasteiger partial charge in [-0.15, -0.1) is 0 Å². The van der Waals surface area contributed by atoms with E-state index in [9.17, 15) is 9.90 Å². The summed E-state index contributed by atoms with van der Waals surface area (Å²) in [6, 6.07) is 14.5. The van der Waals surface area contributed by atoms with Crippen LogP contribution < -0.4 is 10.9 Å². The Balaban J connectivity index is 2.08. The zero-order valence-corrected chi connectivity index (χ0v) is 12.6. The first-order valence-corrected chi connectivity index (χ1v) is 7.79. The van der Waals surface area contributed by atoms with Crippen LogP contribution in [-0.2, 0) is 0 Å². The number of aromatic hydroxyl groups is 1. The van der Waals surface area contributed by atoms with Gasteiger partial charge in [-0.2, -0.15) is 0 Å². The Morgan fingerprint density at radius 2 is 1.96 bits per heavy atom. The molecule has 0 bridgehead atoms. The number of phenols is 1. The molecule has 2 aromatic carbocycles. The zero-order chi connectivity index (χ0) is 15.8. The summed E-state index contributed by atoms with van der Waals surface area (Å²) in [6.45, 7) is 0.924. The highest BCUT2D eigenvalue weighted by Gasteiger charge is 2.24. The van der Waals surface area contributed by atoms with Gasteiger partial charge in [0, 0.05) is 0 Å². The maximum absolute atomic E-state index is 13.1. The average Bonchev–Trinajstić information content (AvgIpc) is 3.09. The van der Waals surface area contributed by atoms with E-state index in [0.29, 0.717) is 11.3 Å². The molecule has 1 atom stereocenters. The van der Waals surface area contributed by atoms with Crippen molar-refractivity contribution in [2.24, 2.45) is 0 Å². The molecule has 2 heterocycles. The van der Waals surface area contributed by atoms with Crippen LogP contribution in [0.5, 0.6) is 5.75 Å². The van der Waals surface area contributed by atoms with Crippen molar-refractivity contribution in [1.29, 1.82) is 0 Å². The molecule has 0 aliphatic carbocycles. The van der Waals surface area contributed by atoms with E-state index in [2.05, 4.69) is 5.32 Å². The van der Waals surface area contributed by atoms with Gasteiger partial charge < -0.3 is 10.4 Å². The fraction of sp³-hybridized carbons (Fsp3) is 0.222. The lowest BCUT2D eigenvalue weighted by atomic mass is 10.1. The van der Waals surface area contributed by atoms with Crippen molar-refractivity contribution in [3.8, 4) is 11.4 Å². The van der Waals surface area contributed by atoms with Gasteiger partial charge in [0.05, 0.1) is 17.2 Å². The molecule has 1 fully saturated rings. The van der Waals surface area contributed by atoms with E-state index < -0.39 is 0 Å². The lowest BCUT2D eigenvalue weighted by molar-refractivity contribution is 0.480. The minimum atomic E-state index is -0.233. The molecule has 0 amide bonds. The molecule has 5 heteroatoms. The van der Waals surface area contributed by atoms with Gasteiger partial charge in [0.15, 0.2) is 0 Å². The smallest absolute Gasteiger partial charge is 0.269 e. The number of aromatic nitrogens is 2. The monoisotopic (exact) mass is 307 g/mol. The molecule has 1 aliphatic heterocycles. The summed E-state index contributed by atoms with van der Waals surface area (Å²) >= 11 is 0. The molecule has 5 nitrogen and oxygen atoms in total. The van der Waals surface area contributed by atoms with Crippen molar-refractivity contribution >= 4 is 10.9 Å². The number of hydrogen-bond acceptors (Lipinski definition) is 4. The Hall–Kier alpha value is -2.66. The van der Waals surface area contributed by atoms with E-state index in [1.54, 1.807) is 16.7 Å². The molecule has 4 rings (SSSR count). The minimum absolute atomic E-state index is 0.0318. The largest absolute Gasteiger partial charge is 0.507 e. The average molecular weight is 307 g/mol. The van der Waals surface area contributed by atoms with Gasteiger partial charge in [-0.1, -0.05) is 24.3 Å². The standard InChI is InChI=1S/C18H17N3O2/c22-15-10-4-8-13-16(15)18(23)21(12-6-2-1-3-7-12)17(20-13)14-9-5-11-19-14/h1-4,6-8,10,14,19,22H,5,9,11H2/t14-/m0/s1. The molecule has 0 spiro atoms. The van der Waals surface area contributed by atoms with Crippen molar-refractivity contribution in [1.82, 2.24) is 14.9 Å². The summed E-state index contributed by atoms with van der Waals surface area (Å²) in [7, 11) is 0. The predicted octanol–water partition coefficient (Wildman–Crippen LogP) is 2.52. The first kappa shape index (κ1) is 14.0. The van der Waals surface area contributed by atoms with E-state index in [0.717, 1.165) is 25.1 Å². The summed E-state index contributed by atoms with van der Waals surface area (Å²) in [6.07, 6.45) is 2.01. The number of fused-ring (bicyclic) bond motifs is 1. The number of rotatable bonds is 2. The molecule has 3 aromatic rings. The van der Waals surface area contributed by atoms with Crippen LogP contribution in [0, 0.1) is 0 Å². The quantitative estimate of drug-likeness (QED) is 0.763. The van der Waals surface area contributed by atoms with Gasteiger partial charge in [0.1, 0.15) is 17.0 Å². The zero-order valence-electron chi connectivity index (χ0n) is 12.6. The van der Waals surface area contributed by atoms with Crippen molar-refractivity contribution in [2.75, 3.05) is 6.54 Å².